The molecule has 7 nitrogen and oxygen atoms in total. The lowest BCUT2D eigenvalue weighted by Crippen LogP contribution is -2.43. The zero-order valence-corrected chi connectivity index (χ0v) is 16.7. The van der Waals surface area contributed by atoms with Gasteiger partial charge in [-0.1, -0.05) is 55.3 Å². The summed E-state index contributed by atoms with van der Waals surface area (Å²) in [5.74, 6) is 0.219. The molecule has 0 saturated heterocycles. The first-order chi connectivity index (χ1) is 14.6. The van der Waals surface area contributed by atoms with Crippen LogP contribution in [0.1, 0.15) is 36.0 Å². The Bertz CT molecular complexity index is 1020. The molecule has 3 aromatic rings. The summed E-state index contributed by atoms with van der Waals surface area (Å²) >= 11 is 0. The van der Waals surface area contributed by atoms with Gasteiger partial charge in [0.2, 0.25) is 5.95 Å². The highest BCUT2D eigenvalue weighted by atomic mass is 16.1. The summed E-state index contributed by atoms with van der Waals surface area (Å²) in [4.78, 5) is 20.7. The highest BCUT2D eigenvalue weighted by molar-refractivity contribution is 5.98. The third kappa shape index (κ3) is 4.58. The van der Waals surface area contributed by atoms with Crippen LogP contribution in [0.2, 0.25) is 0 Å². The van der Waals surface area contributed by atoms with Crippen LogP contribution in [-0.2, 0) is 0 Å². The lowest BCUT2D eigenvalue weighted by Gasteiger charge is -2.29. The van der Waals surface area contributed by atoms with Gasteiger partial charge in [-0.05, 0) is 36.1 Å². The minimum Gasteiger partial charge on any atom is -0.365 e. The Hall–Kier alpha value is -3.45. The Morgan fingerprint density at radius 1 is 1.00 bits per heavy atom. The molecule has 1 aliphatic carbocycles. The predicted octanol–water partition coefficient (Wildman–Crippen LogP) is 3.67. The second-order valence-corrected chi connectivity index (χ2v) is 7.59. The van der Waals surface area contributed by atoms with Crippen molar-refractivity contribution >= 4 is 23.4 Å². The van der Waals surface area contributed by atoms with E-state index in [9.17, 15) is 4.79 Å². The van der Waals surface area contributed by atoms with E-state index in [2.05, 4.69) is 20.6 Å². The molecule has 0 aliphatic heterocycles. The molecule has 1 amide bonds. The second kappa shape index (κ2) is 8.92. The summed E-state index contributed by atoms with van der Waals surface area (Å²) in [5, 5.41) is 6.55. The van der Waals surface area contributed by atoms with E-state index in [-0.39, 0.29) is 17.6 Å². The molecule has 2 aromatic carbocycles. The number of benzene rings is 2. The summed E-state index contributed by atoms with van der Waals surface area (Å²) < 4.78 is 0. The molecule has 0 bridgehead atoms. The number of nitrogens with two attached hydrogens (primary N) is 2. The zero-order valence-electron chi connectivity index (χ0n) is 16.7. The molecule has 0 unspecified atom stereocenters. The number of hydrogen-bond donors (Lipinski definition) is 4. The summed E-state index contributed by atoms with van der Waals surface area (Å²) in [6, 6.07) is 18.2. The van der Waals surface area contributed by atoms with Crippen molar-refractivity contribution in [1.82, 2.24) is 9.97 Å². The molecule has 0 radical (unpaired) electrons. The molecule has 0 spiro atoms. The van der Waals surface area contributed by atoms with Gasteiger partial charge < -0.3 is 22.1 Å². The number of carbonyl (C=O) groups excluding carboxylic acids is 1. The Morgan fingerprint density at radius 3 is 2.53 bits per heavy atom. The highest BCUT2D eigenvalue weighted by Crippen LogP contribution is 2.26. The topological polar surface area (TPSA) is 119 Å². The third-order valence-corrected chi connectivity index (χ3v) is 5.42. The van der Waals surface area contributed by atoms with E-state index in [4.69, 9.17) is 11.5 Å². The maximum atomic E-state index is 11.9. The number of amides is 1. The molecule has 1 aliphatic rings. The Morgan fingerprint density at radius 2 is 1.77 bits per heavy atom. The molecule has 2 atom stereocenters. The monoisotopic (exact) mass is 402 g/mol. The van der Waals surface area contributed by atoms with Crippen molar-refractivity contribution in [2.45, 2.75) is 37.8 Å². The Kier molecular flexibility index (Phi) is 5.90. The van der Waals surface area contributed by atoms with E-state index >= 15 is 0 Å². The molecule has 154 valence electrons. The fourth-order valence-electron chi connectivity index (χ4n) is 3.78. The lowest BCUT2D eigenvalue weighted by atomic mass is 9.91. The van der Waals surface area contributed by atoms with Gasteiger partial charge in [-0.25, -0.2) is 4.98 Å². The van der Waals surface area contributed by atoms with Crippen molar-refractivity contribution in [2.24, 2.45) is 11.5 Å². The Labute approximate surface area is 175 Å². The smallest absolute Gasteiger partial charge is 0.254 e. The van der Waals surface area contributed by atoms with E-state index < -0.39 is 5.91 Å². The van der Waals surface area contributed by atoms with Gasteiger partial charge in [0.1, 0.15) is 11.4 Å². The third-order valence-electron chi connectivity index (χ3n) is 5.42. The number of hydrogen-bond acceptors (Lipinski definition) is 6. The number of carbonyl (C=O) groups is 1. The van der Waals surface area contributed by atoms with Crippen molar-refractivity contribution in [3.8, 4) is 11.1 Å². The molecule has 4 rings (SSSR count). The van der Waals surface area contributed by atoms with Crippen LogP contribution in [0.3, 0.4) is 0 Å². The molecule has 1 aromatic heterocycles. The minimum absolute atomic E-state index is 0.0668. The second-order valence-electron chi connectivity index (χ2n) is 7.59. The fourth-order valence-corrected chi connectivity index (χ4v) is 3.78. The average molecular weight is 403 g/mol. The lowest BCUT2D eigenvalue weighted by molar-refractivity contribution is 0.100. The number of nitrogens with zero attached hydrogens (tertiary/aromatic N) is 2. The van der Waals surface area contributed by atoms with Gasteiger partial charge >= 0.3 is 0 Å². The SMILES string of the molecule is NC(=O)c1cnc(N[C@@H]2CCCC[C@@H]2N)nc1Nc1cccc(-c2ccccc2)c1. The van der Waals surface area contributed by atoms with E-state index in [1.807, 2.05) is 54.6 Å². The van der Waals surface area contributed by atoms with Gasteiger partial charge in [0.25, 0.3) is 5.91 Å². The van der Waals surface area contributed by atoms with E-state index in [0.29, 0.717) is 11.8 Å². The number of rotatable bonds is 6. The van der Waals surface area contributed by atoms with Gasteiger partial charge in [0, 0.05) is 24.0 Å². The van der Waals surface area contributed by atoms with Crippen molar-refractivity contribution < 1.29 is 4.79 Å². The van der Waals surface area contributed by atoms with Gasteiger partial charge in [-0.3, -0.25) is 4.79 Å². The van der Waals surface area contributed by atoms with Crippen LogP contribution in [0.4, 0.5) is 17.5 Å². The standard InChI is InChI=1S/C23H26N6O/c24-19-11-4-5-12-20(19)28-23-26-14-18(21(25)30)22(29-23)27-17-10-6-9-16(13-17)15-7-2-1-3-8-15/h1-3,6-10,13-14,19-20H,4-5,11-12,24H2,(H2,25,30)(H2,26,27,28,29)/t19-,20+/m0/s1. The molecular weight excluding hydrogens is 376 g/mol. The van der Waals surface area contributed by atoms with Crippen LogP contribution in [-0.4, -0.2) is 28.0 Å². The van der Waals surface area contributed by atoms with Gasteiger partial charge in [0.05, 0.1) is 0 Å². The molecule has 1 heterocycles. The molecule has 7 heteroatoms. The molecule has 1 fully saturated rings. The number of aromatic nitrogens is 2. The van der Waals surface area contributed by atoms with Crippen LogP contribution >= 0.6 is 0 Å². The van der Waals surface area contributed by atoms with Crippen LogP contribution < -0.4 is 22.1 Å². The van der Waals surface area contributed by atoms with Gasteiger partial charge in [0.15, 0.2) is 0 Å². The number of anilines is 3. The molecule has 6 N–H and O–H groups in total. The summed E-state index contributed by atoms with van der Waals surface area (Å²) in [6.45, 7) is 0. The van der Waals surface area contributed by atoms with Gasteiger partial charge in [-0.15, -0.1) is 0 Å². The first-order valence-corrected chi connectivity index (χ1v) is 10.2. The summed E-state index contributed by atoms with van der Waals surface area (Å²) in [7, 11) is 0. The molecule has 30 heavy (non-hydrogen) atoms. The predicted molar refractivity (Wildman–Crippen MR) is 120 cm³/mol. The van der Waals surface area contributed by atoms with E-state index in [0.717, 1.165) is 42.5 Å². The zero-order chi connectivity index (χ0) is 20.9. The summed E-state index contributed by atoms with van der Waals surface area (Å²) in [6.07, 6.45) is 5.68. The first-order valence-electron chi connectivity index (χ1n) is 10.2. The van der Waals surface area contributed by atoms with Crippen molar-refractivity contribution in [1.29, 1.82) is 0 Å². The van der Waals surface area contributed by atoms with Crippen LogP contribution in [0, 0.1) is 0 Å². The van der Waals surface area contributed by atoms with Crippen LogP contribution in [0.25, 0.3) is 11.1 Å². The van der Waals surface area contributed by atoms with Crippen LogP contribution in [0.15, 0.2) is 60.8 Å². The highest BCUT2D eigenvalue weighted by Gasteiger charge is 2.23. The largest absolute Gasteiger partial charge is 0.365 e. The molecule has 1 saturated carbocycles. The minimum atomic E-state index is -0.586. The van der Waals surface area contributed by atoms with Crippen molar-refractivity contribution in [3.63, 3.8) is 0 Å². The Balaban J connectivity index is 1.60. The van der Waals surface area contributed by atoms with Crippen molar-refractivity contribution in [3.05, 3.63) is 66.4 Å². The maximum absolute atomic E-state index is 11.9. The number of nitrogens with one attached hydrogen (secondary N) is 2. The first kappa shape index (κ1) is 19.8. The van der Waals surface area contributed by atoms with Gasteiger partial charge in [-0.2, -0.15) is 4.98 Å². The van der Waals surface area contributed by atoms with E-state index in [1.165, 1.54) is 6.20 Å². The maximum Gasteiger partial charge on any atom is 0.254 e. The quantitative estimate of drug-likeness (QED) is 0.499. The normalized spacial score (nSPS) is 18.6. The number of primary amides is 1. The summed E-state index contributed by atoms with van der Waals surface area (Å²) in [5.41, 5.74) is 15.0. The fraction of sp³-hybridized carbons (Fsp3) is 0.261. The van der Waals surface area contributed by atoms with Crippen LogP contribution in [0.5, 0.6) is 0 Å². The van der Waals surface area contributed by atoms with E-state index in [1.54, 1.807) is 0 Å². The average Bonchev–Trinajstić information content (AvgIpc) is 2.76. The van der Waals surface area contributed by atoms with Crippen molar-refractivity contribution in [2.75, 3.05) is 10.6 Å². The molecular formula is C23H26N6O.